The summed E-state index contributed by atoms with van der Waals surface area (Å²) in [6.07, 6.45) is 2.62. The van der Waals surface area contributed by atoms with Crippen molar-refractivity contribution in [2.24, 2.45) is 0 Å². The van der Waals surface area contributed by atoms with Crippen LogP contribution in [-0.2, 0) is 6.42 Å². The lowest BCUT2D eigenvalue weighted by atomic mass is 10.2. The van der Waals surface area contributed by atoms with Gasteiger partial charge in [0, 0.05) is 10.3 Å². The van der Waals surface area contributed by atoms with Crippen LogP contribution in [0.1, 0.15) is 17.6 Å². The third-order valence-corrected chi connectivity index (χ3v) is 4.31. The fourth-order valence-electron chi connectivity index (χ4n) is 1.85. The first-order chi connectivity index (χ1) is 8.69. The second-order valence-electron chi connectivity index (χ2n) is 4.01. The predicted octanol–water partition coefficient (Wildman–Crippen LogP) is 4.48. The standard InChI is InChI=1S/C13H11ClN2OS/c1-3-8-6-10-11(14)15-12(16-13(10)18-8)9-4-5-17-7(9)2/h4-6H,3H2,1-2H3. The van der Waals surface area contributed by atoms with Gasteiger partial charge in [0.15, 0.2) is 5.82 Å². The van der Waals surface area contributed by atoms with Crippen molar-refractivity contribution in [2.75, 3.05) is 0 Å². The molecule has 0 radical (unpaired) electrons. The number of nitrogens with zero attached hydrogens (tertiary/aromatic N) is 2. The fourth-order valence-corrected chi connectivity index (χ4v) is 3.10. The van der Waals surface area contributed by atoms with E-state index in [1.165, 1.54) is 4.88 Å². The molecule has 0 saturated carbocycles. The van der Waals surface area contributed by atoms with Crippen LogP contribution in [0.3, 0.4) is 0 Å². The van der Waals surface area contributed by atoms with E-state index in [1.54, 1.807) is 17.6 Å². The van der Waals surface area contributed by atoms with Gasteiger partial charge in [0.1, 0.15) is 15.7 Å². The van der Waals surface area contributed by atoms with Gasteiger partial charge >= 0.3 is 0 Å². The lowest BCUT2D eigenvalue weighted by Gasteiger charge is -1.99. The monoisotopic (exact) mass is 278 g/mol. The summed E-state index contributed by atoms with van der Waals surface area (Å²) in [4.78, 5) is 11.1. The Balaban J connectivity index is 2.23. The summed E-state index contributed by atoms with van der Waals surface area (Å²) >= 11 is 7.89. The summed E-state index contributed by atoms with van der Waals surface area (Å²) in [6.45, 7) is 4.01. The minimum atomic E-state index is 0.506. The highest BCUT2D eigenvalue weighted by atomic mass is 35.5. The maximum Gasteiger partial charge on any atom is 0.165 e. The van der Waals surface area contributed by atoms with Crippen molar-refractivity contribution in [3.63, 3.8) is 0 Å². The molecule has 0 atom stereocenters. The highest BCUT2D eigenvalue weighted by molar-refractivity contribution is 7.18. The number of halogens is 1. The van der Waals surface area contributed by atoms with E-state index in [2.05, 4.69) is 23.0 Å². The maximum absolute atomic E-state index is 6.23. The number of hydrogen-bond donors (Lipinski definition) is 0. The molecule has 0 aromatic carbocycles. The Kier molecular flexibility index (Phi) is 2.84. The van der Waals surface area contributed by atoms with Crippen LogP contribution in [0.4, 0.5) is 0 Å². The second kappa shape index (κ2) is 4.37. The molecular weight excluding hydrogens is 268 g/mol. The number of hydrogen-bond acceptors (Lipinski definition) is 4. The molecule has 3 aromatic rings. The Morgan fingerprint density at radius 1 is 1.39 bits per heavy atom. The molecule has 0 fully saturated rings. The largest absolute Gasteiger partial charge is 0.469 e. The van der Waals surface area contributed by atoms with E-state index in [0.717, 1.165) is 28.0 Å². The fraction of sp³-hybridized carbons (Fsp3) is 0.231. The molecule has 5 heteroatoms. The predicted molar refractivity (Wildman–Crippen MR) is 74.2 cm³/mol. The molecule has 3 aromatic heterocycles. The van der Waals surface area contributed by atoms with Gasteiger partial charge in [-0.25, -0.2) is 9.97 Å². The molecule has 0 aliphatic rings. The lowest BCUT2D eigenvalue weighted by molar-refractivity contribution is 0.535. The average molecular weight is 279 g/mol. The van der Waals surface area contributed by atoms with Gasteiger partial charge in [-0.15, -0.1) is 11.3 Å². The van der Waals surface area contributed by atoms with E-state index in [1.807, 2.05) is 13.0 Å². The Labute approximate surface area is 113 Å². The summed E-state index contributed by atoms with van der Waals surface area (Å²) in [5.74, 6) is 1.43. The molecule has 18 heavy (non-hydrogen) atoms. The molecule has 0 aliphatic heterocycles. The van der Waals surface area contributed by atoms with Gasteiger partial charge in [0.25, 0.3) is 0 Å². The van der Waals surface area contributed by atoms with Gasteiger partial charge < -0.3 is 4.42 Å². The van der Waals surface area contributed by atoms with Crippen molar-refractivity contribution in [2.45, 2.75) is 20.3 Å². The second-order valence-corrected chi connectivity index (χ2v) is 5.49. The smallest absolute Gasteiger partial charge is 0.165 e. The Morgan fingerprint density at radius 3 is 2.89 bits per heavy atom. The third kappa shape index (κ3) is 1.82. The SMILES string of the molecule is CCc1cc2c(Cl)nc(-c3ccoc3C)nc2s1. The maximum atomic E-state index is 6.23. The van der Waals surface area contributed by atoms with Crippen molar-refractivity contribution in [3.8, 4) is 11.4 Å². The van der Waals surface area contributed by atoms with E-state index in [4.69, 9.17) is 16.0 Å². The first-order valence-corrected chi connectivity index (χ1v) is 6.89. The van der Waals surface area contributed by atoms with Crippen molar-refractivity contribution in [1.82, 2.24) is 9.97 Å². The van der Waals surface area contributed by atoms with E-state index >= 15 is 0 Å². The van der Waals surface area contributed by atoms with Crippen LogP contribution in [0.25, 0.3) is 21.6 Å². The van der Waals surface area contributed by atoms with E-state index < -0.39 is 0 Å². The van der Waals surface area contributed by atoms with Crippen LogP contribution < -0.4 is 0 Å². The zero-order valence-corrected chi connectivity index (χ0v) is 11.6. The van der Waals surface area contributed by atoms with E-state index in [9.17, 15) is 0 Å². The number of furan rings is 1. The summed E-state index contributed by atoms with van der Waals surface area (Å²) in [6, 6.07) is 3.93. The minimum absolute atomic E-state index is 0.506. The Morgan fingerprint density at radius 2 is 2.22 bits per heavy atom. The highest BCUT2D eigenvalue weighted by Gasteiger charge is 2.13. The first kappa shape index (κ1) is 11.7. The summed E-state index contributed by atoms with van der Waals surface area (Å²) in [5.41, 5.74) is 0.894. The Bertz CT molecular complexity index is 717. The van der Waals surface area contributed by atoms with Crippen molar-refractivity contribution < 1.29 is 4.42 Å². The third-order valence-electron chi connectivity index (χ3n) is 2.85. The number of thiophene rings is 1. The molecule has 0 spiro atoms. The topological polar surface area (TPSA) is 38.9 Å². The molecule has 0 bridgehead atoms. The van der Waals surface area contributed by atoms with Crippen LogP contribution >= 0.6 is 22.9 Å². The summed E-state index contributed by atoms with van der Waals surface area (Å²) in [7, 11) is 0. The summed E-state index contributed by atoms with van der Waals surface area (Å²) < 4.78 is 5.28. The number of fused-ring (bicyclic) bond motifs is 1. The molecule has 0 saturated heterocycles. The zero-order valence-electron chi connectivity index (χ0n) is 10.0. The number of rotatable bonds is 2. The molecule has 0 N–H and O–H groups in total. The van der Waals surface area contributed by atoms with Gasteiger partial charge in [-0.2, -0.15) is 0 Å². The van der Waals surface area contributed by atoms with Crippen LogP contribution in [0, 0.1) is 6.92 Å². The normalized spacial score (nSPS) is 11.3. The molecule has 0 aliphatic carbocycles. The summed E-state index contributed by atoms with van der Waals surface area (Å²) in [5, 5.41) is 1.44. The van der Waals surface area contributed by atoms with Crippen molar-refractivity contribution in [3.05, 3.63) is 34.2 Å². The van der Waals surface area contributed by atoms with Crippen molar-refractivity contribution in [1.29, 1.82) is 0 Å². The van der Waals surface area contributed by atoms with Gasteiger partial charge in [-0.05, 0) is 25.5 Å². The highest BCUT2D eigenvalue weighted by Crippen LogP contribution is 2.32. The first-order valence-electron chi connectivity index (χ1n) is 5.69. The van der Waals surface area contributed by atoms with E-state index in [0.29, 0.717) is 11.0 Å². The van der Waals surface area contributed by atoms with Crippen LogP contribution in [-0.4, -0.2) is 9.97 Å². The molecule has 0 amide bonds. The molecule has 92 valence electrons. The van der Waals surface area contributed by atoms with Crippen LogP contribution in [0.15, 0.2) is 22.8 Å². The zero-order chi connectivity index (χ0) is 12.7. The molecule has 3 heterocycles. The Hall–Kier alpha value is -1.39. The quantitative estimate of drug-likeness (QED) is 0.649. The molecule has 0 unspecified atom stereocenters. The minimum Gasteiger partial charge on any atom is -0.469 e. The number of aromatic nitrogens is 2. The van der Waals surface area contributed by atoms with Crippen LogP contribution in [0.2, 0.25) is 5.15 Å². The molecule has 3 nitrogen and oxygen atoms in total. The van der Waals surface area contributed by atoms with Crippen LogP contribution in [0.5, 0.6) is 0 Å². The number of aryl methyl sites for hydroxylation is 2. The van der Waals surface area contributed by atoms with Gasteiger partial charge in [0.05, 0.1) is 11.8 Å². The van der Waals surface area contributed by atoms with Crippen molar-refractivity contribution >= 4 is 33.2 Å². The molecular formula is C13H11ClN2OS. The molecule has 3 rings (SSSR count). The lowest BCUT2D eigenvalue weighted by Crippen LogP contribution is -1.89. The average Bonchev–Trinajstić information content (AvgIpc) is 2.94. The van der Waals surface area contributed by atoms with E-state index in [-0.39, 0.29) is 0 Å². The van der Waals surface area contributed by atoms with Gasteiger partial charge in [-0.3, -0.25) is 0 Å². The van der Waals surface area contributed by atoms with Gasteiger partial charge in [0.2, 0.25) is 0 Å². The van der Waals surface area contributed by atoms with Gasteiger partial charge in [-0.1, -0.05) is 18.5 Å².